The number of ether oxygens (including phenoxy) is 1. The van der Waals surface area contributed by atoms with E-state index in [0.29, 0.717) is 18.1 Å². The second-order valence-corrected chi connectivity index (χ2v) is 7.24. The summed E-state index contributed by atoms with van der Waals surface area (Å²) in [5.74, 6) is 0.355. The van der Waals surface area contributed by atoms with Crippen LogP contribution in [0.1, 0.15) is 12.8 Å². The van der Waals surface area contributed by atoms with Crippen molar-refractivity contribution in [3.8, 4) is 11.4 Å². The van der Waals surface area contributed by atoms with E-state index in [9.17, 15) is 9.18 Å². The molecule has 1 amide bonds. The normalized spacial score (nSPS) is 16.2. The summed E-state index contributed by atoms with van der Waals surface area (Å²) in [6.45, 7) is 2.01. The highest BCUT2D eigenvalue weighted by atomic mass is 19.1. The number of rotatable bonds is 5. The number of amides is 1. The predicted molar refractivity (Wildman–Crippen MR) is 107 cm³/mol. The van der Waals surface area contributed by atoms with Gasteiger partial charge in [-0.15, -0.1) is 0 Å². The predicted octanol–water partition coefficient (Wildman–Crippen LogP) is 3.32. The molecule has 1 aliphatic heterocycles. The fourth-order valence-corrected chi connectivity index (χ4v) is 3.71. The quantitative estimate of drug-likeness (QED) is 0.633. The Labute approximate surface area is 162 Å². The van der Waals surface area contributed by atoms with E-state index in [-0.39, 0.29) is 11.7 Å². The number of piperidine rings is 1. The highest BCUT2D eigenvalue weighted by Crippen LogP contribution is 2.31. The molecule has 2 heterocycles. The molecule has 0 unspecified atom stereocenters. The summed E-state index contributed by atoms with van der Waals surface area (Å²) in [5, 5.41) is 6.33. The monoisotopic (exact) mass is 382 g/mol. The standard InChI is InChI=1S/C21H23FN4O2/c1-28-13-21(8-10-23-11-9-21)20(27)24-16-6-7-17-18(12-16)26-19(25-17)14-2-4-15(22)5-3-14/h2-7,12,23H,8-11,13H2,1H3,(H,24,27)(H,25,26). The summed E-state index contributed by atoms with van der Waals surface area (Å²) in [6.07, 6.45) is 1.49. The van der Waals surface area contributed by atoms with Gasteiger partial charge in [-0.25, -0.2) is 9.37 Å². The van der Waals surface area contributed by atoms with Gasteiger partial charge in [0.2, 0.25) is 5.91 Å². The van der Waals surface area contributed by atoms with E-state index in [4.69, 9.17) is 4.74 Å². The number of nitrogens with one attached hydrogen (secondary N) is 3. The molecule has 1 aromatic heterocycles. The smallest absolute Gasteiger partial charge is 0.233 e. The Kier molecular flexibility index (Phi) is 5.11. The zero-order chi connectivity index (χ0) is 19.6. The minimum atomic E-state index is -0.512. The third-order valence-corrected chi connectivity index (χ3v) is 5.32. The van der Waals surface area contributed by atoms with Crippen molar-refractivity contribution in [1.82, 2.24) is 15.3 Å². The van der Waals surface area contributed by atoms with Crippen molar-refractivity contribution in [3.63, 3.8) is 0 Å². The van der Waals surface area contributed by atoms with E-state index >= 15 is 0 Å². The molecule has 2 aromatic carbocycles. The maximum atomic E-state index is 13.1. The number of H-pyrrole nitrogens is 1. The number of fused-ring (bicyclic) bond motifs is 1. The fourth-order valence-electron chi connectivity index (χ4n) is 3.71. The Morgan fingerprint density at radius 2 is 1.96 bits per heavy atom. The first-order chi connectivity index (χ1) is 13.6. The van der Waals surface area contributed by atoms with Crippen molar-refractivity contribution in [3.05, 3.63) is 48.3 Å². The number of anilines is 1. The van der Waals surface area contributed by atoms with E-state index in [1.165, 1.54) is 12.1 Å². The molecule has 3 aromatic rings. The van der Waals surface area contributed by atoms with Crippen LogP contribution in [0.25, 0.3) is 22.4 Å². The first-order valence-corrected chi connectivity index (χ1v) is 9.36. The SMILES string of the molecule is COCC1(C(=O)Nc2ccc3nc(-c4ccc(F)cc4)[nH]c3c2)CCNCC1. The van der Waals surface area contributed by atoms with Gasteiger partial charge in [0.1, 0.15) is 11.6 Å². The summed E-state index contributed by atoms with van der Waals surface area (Å²) < 4.78 is 18.5. The lowest BCUT2D eigenvalue weighted by molar-refractivity contribution is -0.130. The van der Waals surface area contributed by atoms with Crippen LogP contribution in [0, 0.1) is 11.2 Å². The maximum absolute atomic E-state index is 13.1. The molecule has 3 N–H and O–H groups in total. The number of benzene rings is 2. The maximum Gasteiger partial charge on any atom is 0.233 e. The molecule has 1 aliphatic rings. The third kappa shape index (κ3) is 3.63. The molecule has 6 nitrogen and oxygen atoms in total. The van der Waals surface area contributed by atoms with Crippen molar-refractivity contribution in [2.24, 2.45) is 5.41 Å². The molecular weight excluding hydrogens is 359 g/mol. The highest BCUT2D eigenvalue weighted by molar-refractivity contribution is 5.97. The van der Waals surface area contributed by atoms with Crippen molar-refractivity contribution in [2.75, 3.05) is 32.1 Å². The lowest BCUT2D eigenvalue weighted by atomic mass is 9.78. The fraction of sp³-hybridized carbons (Fsp3) is 0.333. The van der Waals surface area contributed by atoms with Gasteiger partial charge >= 0.3 is 0 Å². The summed E-state index contributed by atoms with van der Waals surface area (Å²) in [6, 6.07) is 11.7. The number of halogens is 1. The Bertz CT molecular complexity index is 972. The molecule has 0 radical (unpaired) electrons. The van der Waals surface area contributed by atoms with Gasteiger partial charge in [0.05, 0.1) is 23.1 Å². The van der Waals surface area contributed by atoms with Gasteiger partial charge in [0.25, 0.3) is 0 Å². The Hall–Kier alpha value is -2.77. The lowest BCUT2D eigenvalue weighted by Crippen LogP contribution is -2.47. The van der Waals surface area contributed by atoms with Crippen LogP contribution < -0.4 is 10.6 Å². The summed E-state index contributed by atoms with van der Waals surface area (Å²) in [4.78, 5) is 20.8. The summed E-state index contributed by atoms with van der Waals surface area (Å²) in [7, 11) is 1.63. The Balaban J connectivity index is 1.57. The third-order valence-electron chi connectivity index (χ3n) is 5.32. The van der Waals surface area contributed by atoms with Crippen LogP contribution in [0.15, 0.2) is 42.5 Å². The topological polar surface area (TPSA) is 79.0 Å². The van der Waals surface area contributed by atoms with Gasteiger partial charge in [0, 0.05) is 18.4 Å². The van der Waals surface area contributed by atoms with Crippen LogP contribution in [0.2, 0.25) is 0 Å². The highest BCUT2D eigenvalue weighted by Gasteiger charge is 2.39. The minimum absolute atomic E-state index is 0.0199. The largest absolute Gasteiger partial charge is 0.384 e. The molecule has 4 rings (SSSR count). The number of methoxy groups -OCH3 is 1. The minimum Gasteiger partial charge on any atom is -0.384 e. The number of aromatic amines is 1. The van der Waals surface area contributed by atoms with Crippen LogP contribution in [0.5, 0.6) is 0 Å². The number of hydrogen-bond donors (Lipinski definition) is 3. The number of imidazole rings is 1. The zero-order valence-corrected chi connectivity index (χ0v) is 15.7. The molecule has 1 fully saturated rings. The van der Waals surface area contributed by atoms with Gasteiger partial charge in [-0.3, -0.25) is 4.79 Å². The van der Waals surface area contributed by atoms with Crippen LogP contribution in [0.4, 0.5) is 10.1 Å². The molecule has 0 bridgehead atoms. The van der Waals surface area contributed by atoms with Crippen molar-refractivity contribution >= 4 is 22.6 Å². The van der Waals surface area contributed by atoms with Gasteiger partial charge in [-0.2, -0.15) is 0 Å². The molecule has 0 spiro atoms. The van der Waals surface area contributed by atoms with E-state index < -0.39 is 5.41 Å². The summed E-state index contributed by atoms with van der Waals surface area (Å²) in [5.41, 5.74) is 2.59. The molecule has 28 heavy (non-hydrogen) atoms. The van der Waals surface area contributed by atoms with E-state index in [1.807, 2.05) is 18.2 Å². The van der Waals surface area contributed by atoms with E-state index in [2.05, 4.69) is 20.6 Å². The molecule has 146 valence electrons. The number of nitrogens with zero attached hydrogens (tertiary/aromatic N) is 1. The number of hydrogen-bond acceptors (Lipinski definition) is 4. The summed E-state index contributed by atoms with van der Waals surface area (Å²) >= 11 is 0. The molecule has 0 aliphatic carbocycles. The van der Waals surface area contributed by atoms with Crippen LogP contribution >= 0.6 is 0 Å². The van der Waals surface area contributed by atoms with Crippen molar-refractivity contribution in [1.29, 1.82) is 0 Å². The van der Waals surface area contributed by atoms with Crippen LogP contribution in [-0.4, -0.2) is 42.7 Å². The average molecular weight is 382 g/mol. The van der Waals surface area contributed by atoms with Crippen molar-refractivity contribution in [2.45, 2.75) is 12.8 Å². The zero-order valence-electron chi connectivity index (χ0n) is 15.7. The molecule has 7 heteroatoms. The molecule has 1 saturated heterocycles. The number of carbonyl (C=O) groups excluding carboxylic acids is 1. The van der Waals surface area contributed by atoms with Gasteiger partial charge in [-0.1, -0.05) is 0 Å². The first kappa shape index (κ1) is 18.6. The number of aromatic nitrogens is 2. The van der Waals surface area contributed by atoms with Gasteiger partial charge in [0.15, 0.2) is 0 Å². The Morgan fingerprint density at radius 3 is 2.68 bits per heavy atom. The van der Waals surface area contributed by atoms with Gasteiger partial charge < -0.3 is 20.4 Å². The average Bonchev–Trinajstić information content (AvgIpc) is 3.13. The first-order valence-electron chi connectivity index (χ1n) is 9.36. The van der Waals surface area contributed by atoms with Crippen LogP contribution in [-0.2, 0) is 9.53 Å². The second kappa shape index (κ2) is 7.69. The number of carbonyl (C=O) groups is 1. The van der Waals surface area contributed by atoms with E-state index in [1.54, 1.807) is 19.2 Å². The van der Waals surface area contributed by atoms with Crippen LogP contribution in [0.3, 0.4) is 0 Å². The Morgan fingerprint density at radius 1 is 1.21 bits per heavy atom. The van der Waals surface area contributed by atoms with E-state index in [0.717, 1.165) is 42.5 Å². The lowest BCUT2D eigenvalue weighted by Gasteiger charge is -2.35. The molecular formula is C21H23FN4O2. The second-order valence-electron chi connectivity index (χ2n) is 7.24. The molecule has 0 saturated carbocycles. The van der Waals surface area contributed by atoms with Gasteiger partial charge in [-0.05, 0) is 68.4 Å². The molecule has 0 atom stereocenters. The van der Waals surface area contributed by atoms with Crippen molar-refractivity contribution < 1.29 is 13.9 Å².